The number of imidazole rings is 1. The highest BCUT2D eigenvalue weighted by atomic mass is 16.3. The van der Waals surface area contributed by atoms with Crippen molar-refractivity contribution in [2.45, 2.75) is 51.3 Å². The predicted molar refractivity (Wildman–Crippen MR) is 165 cm³/mol. The van der Waals surface area contributed by atoms with Gasteiger partial charge < -0.3 is 14.2 Å². The largest absolute Gasteiger partial charge is 0.390 e. The molecule has 0 saturated carbocycles. The number of aryl methyl sites for hydroxylation is 2. The fraction of sp³-hybridized carbons (Fsp3) is 0.382. The summed E-state index contributed by atoms with van der Waals surface area (Å²) in [5.74, 6) is 0.844. The topological polar surface area (TPSA) is 75.2 Å². The molecule has 1 atom stereocenters. The minimum Gasteiger partial charge on any atom is -0.390 e. The number of piperazine rings is 1. The summed E-state index contributed by atoms with van der Waals surface area (Å²) in [6.45, 7) is 6.96. The van der Waals surface area contributed by atoms with E-state index in [-0.39, 0.29) is 6.04 Å². The Morgan fingerprint density at radius 1 is 0.810 bits per heavy atom. The lowest BCUT2D eigenvalue weighted by atomic mass is 9.96. The highest BCUT2D eigenvalue weighted by Crippen LogP contribution is 2.31. The molecule has 8 heteroatoms. The number of aliphatic hydroxyl groups excluding tert-OH is 1. The average molecular weight is 562 g/mol. The molecule has 0 spiro atoms. The van der Waals surface area contributed by atoms with E-state index in [0.29, 0.717) is 13.1 Å². The summed E-state index contributed by atoms with van der Waals surface area (Å²) in [6.07, 6.45) is 7.57. The molecule has 0 radical (unpaired) electrons. The van der Waals surface area contributed by atoms with Crippen LogP contribution in [0.3, 0.4) is 0 Å². The number of aromatic nitrogens is 5. The molecule has 1 fully saturated rings. The van der Waals surface area contributed by atoms with Crippen molar-refractivity contribution < 1.29 is 5.11 Å². The Morgan fingerprint density at radius 2 is 1.50 bits per heavy atom. The fourth-order valence-corrected chi connectivity index (χ4v) is 6.99. The van der Waals surface area contributed by atoms with Gasteiger partial charge in [-0.25, -0.2) is 15.0 Å². The van der Waals surface area contributed by atoms with E-state index in [9.17, 15) is 5.11 Å². The molecule has 2 aromatic carbocycles. The first-order valence-corrected chi connectivity index (χ1v) is 15.3. The molecule has 42 heavy (non-hydrogen) atoms. The van der Waals surface area contributed by atoms with Crippen LogP contribution in [0.4, 0.5) is 0 Å². The predicted octanol–water partition coefficient (Wildman–Crippen LogP) is 4.57. The highest BCUT2D eigenvalue weighted by molar-refractivity contribution is 5.78. The van der Waals surface area contributed by atoms with Gasteiger partial charge in [0.1, 0.15) is 6.33 Å². The number of aliphatic hydroxyl groups is 1. The molecule has 2 aliphatic rings. The summed E-state index contributed by atoms with van der Waals surface area (Å²) in [7, 11) is 0. The summed E-state index contributed by atoms with van der Waals surface area (Å²) >= 11 is 0. The van der Waals surface area contributed by atoms with Crippen molar-refractivity contribution in [1.29, 1.82) is 0 Å². The Morgan fingerprint density at radius 3 is 2.21 bits per heavy atom. The first-order chi connectivity index (χ1) is 20.7. The van der Waals surface area contributed by atoms with Crippen molar-refractivity contribution in [3.05, 3.63) is 107 Å². The second-order valence-corrected chi connectivity index (χ2v) is 11.8. The zero-order valence-corrected chi connectivity index (χ0v) is 24.3. The molecular weight excluding hydrogens is 522 g/mol. The number of hydrogen-bond donors (Lipinski definition) is 1. The molecule has 216 valence electrons. The molecule has 0 amide bonds. The monoisotopic (exact) mass is 561 g/mol. The first-order valence-electron chi connectivity index (χ1n) is 15.3. The first kappa shape index (κ1) is 27.0. The number of benzene rings is 2. The van der Waals surface area contributed by atoms with Gasteiger partial charge in [0.25, 0.3) is 0 Å². The van der Waals surface area contributed by atoms with Crippen molar-refractivity contribution >= 4 is 11.2 Å². The zero-order chi connectivity index (χ0) is 28.5. The molecule has 3 aromatic heterocycles. The quantitative estimate of drug-likeness (QED) is 0.299. The lowest BCUT2D eigenvalue weighted by Crippen LogP contribution is -2.50. The van der Waals surface area contributed by atoms with E-state index in [2.05, 4.69) is 98.0 Å². The number of β-amino-alcohol motifs (C(OH)–C–C–N with tert-alkyl or cyclic N) is 1. The van der Waals surface area contributed by atoms with Crippen LogP contribution in [0.25, 0.3) is 17.0 Å². The third-order valence-electron chi connectivity index (χ3n) is 8.96. The van der Waals surface area contributed by atoms with Gasteiger partial charge in [-0.2, -0.15) is 0 Å². The average Bonchev–Trinajstić information content (AvgIpc) is 3.59. The highest BCUT2D eigenvalue weighted by Gasteiger charge is 2.27. The van der Waals surface area contributed by atoms with E-state index in [1.54, 1.807) is 12.7 Å². The van der Waals surface area contributed by atoms with E-state index in [1.165, 1.54) is 40.9 Å². The molecule has 0 bridgehead atoms. The Hall–Kier alpha value is -3.85. The fourth-order valence-electron chi connectivity index (χ4n) is 6.99. The van der Waals surface area contributed by atoms with Gasteiger partial charge in [0.2, 0.25) is 0 Å². The minimum atomic E-state index is -0.521. The summed E-state index contributed by atoms with van der Waals surface area (Å²) < 4.78 is 4.25. The van der Waals surface area contributed by atoms with Gasteiger partial charge in [0.05, 0.1) is 25.0 Å². The van der Waals surface area contributed by atoms with Crippen molar-refractivity contribution in [2.24, 2.45) is 0 Å². The SMILES string of the molecule is Cc1cc2c(n1-c1ncnc3c1ncn3CC(O)CN1CCN(C(c3ccccc3)c3ccccc3)CC1)CCCC2. The molecule has 5 aromatic rings. The molecule has 8 nitrogen and oxygen atoms in total. The van der Waals surface area contributed by atoms with Gasteiger partial charge >= 0.3 is 0 Å². The maximum Gasteiger partial charge on any atom is 0.168 e. The lowest BCUT2D eigenvalue weighted by molar-refractivity contribution is 0.0560. The van der Waals surface area contributed by atoms with E-state index in [1.807, 2.05) is 4.57 Å². The van der Waals surface area contributed by atoms with Gasteiger partial charge in [-0.15, -0.1) is 0 Å². The van der Waals surface area contributed by atoms with E-state index < -0.39 is 6.10 Å². The number of fused-ring (bicyclic) bond motifs is 2. The number of rotatable bonds is 8. The Bertz CT molecular complexity index is 1600. The van der Waals surface area contributed by atoms with Crippen LogP contribution >= 0.6 is 0 Å². The smallest absolute Gasteiger partial charge is 0.168 e. The van der Waals surface area contributed by atoms with Crippen LogP contribution in [-0.4, -0.2) is 77.8 Å². The van der Waals surface area contributed by atoms with Gasteiger partial charge in [0, 0.05) is 44.1 Å². The lowest BCUT2D eigenvalue weighted by Gasteiger charge is -2.40. The molecule has 1 aliphatic heterocycles. The van der Waals surface area contributed by atoms with Gasteiger partial charge in [-0.3, -0.25) is 9.80 Å². The Kier molecular flexibility index (Phi) is 7.59. The van der Waals surface area contributed by atoms with Crippen molar-refractivity contribution in [3.8, 4) is 5.82 Å². The Labute approximate surface area is 247 Å². The van der Waals surface area contributed by atoms with Crippen LogP contribution in [0.2, 0.25) is 0 Å². The summed E-state index contributed by atoms with van der Waals surface area (Å²) in [5, 5.41) is 11.2. The normalized spacial score (nSPS) is 17.1. The maximum atomic E-state index is 11.2. The van der Waals surface area contributed by atoms with Crippen LogP contribution in [0, 0.1) is 6.92 Å². The van der Waals surface area contributed by atoms with Crippen molar-refractivity contribution in [1.82, 2.24) is 33.9 Å². The zero-order valence-electron chi connectivity index (χ0n) is 24.3. The van der Waals surface area contributed by atoms with Gasteiger partial charge in [0.15, 0.2) is 17.0 Å². The summed E-state index contributed by atoms with van der Waals surface area (Å²) in [6, 6.07) is 24.1. The number of nitrogens with zero attached hydrogens (tertiary/aromatic N) is 7. The van der Waals surface area contributed by atoms with Crippen molar-refractivity contribution in [2.75, 3.05) is 32.7 Å². The van der Waals surface area contributed by atoms with Gasteiger partial charge in [-0.05, 0) is 55.4 Å². The second-order valence-electron chi connectivity index (χ2n) is 11.8. The van der Waals surface area contributed by atoms with Crippen LogP contribution < -0.4 is 0 Å². The number of hydrogen-bond acceptors (Lipinski definition) is 6. The molecule has 4 heterocycles. The van der Waals surface area contributed by atoms with E-state index in [4.69, 9.17) is 4.98 Å². The minimum absolute atomic E-state index is 0.236. The molecule has 1 N–H and O–H groups in total. The van der Waals surface area contributed by atoms with Crippen LogP contribution in [-0.2, 0) is 19.4 Å². The van der Waals surface area contributed by atoms with Crippen LogP contribution in [0.1, 0.15) is 47.0 Å². The molecule has 1 aliphatic carbocycles. The van der Waals surface area contributed by atoms with Crippen molar-refractivity contribution in [3.63, 3.8) is 0 Å². The third-order valence-corrected chi connectivity index (χ3v) is 8.96. The standard InChI is InChI=1S/C34H39N7O/c1-25-20-28-14-8-9-15-30(28)41(25)34-31-33(35-23-36-34)40(24-37-31)22-29(42)21-38-16-18-39(19-17-38)32(26-10-4-2-5-11-26)27-12-6-3-7-13-27/h2-7,10-13,20,23-24,29,32,42H,8-9,14-19,21-22H2,1H3. The summed E-state index contributed by atoms with van der Waals surface area (Å²) in [4.78, 5) is 18.9. The molecule has 1 saturated heterocycles. The molecule has 7 rings (SSSR count). The third kappa shape index (κ3) is 5.26. The summed E-state index contributed by atoms with van der Waals surface area (Å²) in [5.41, 5.74) is 8.18. The Balaban J connectivity index is 1.03. The van der Waals surface area contributed by atoms with E-state index >= 15 is 0 Å². The van der Waals surface area contributed by atoms with Gasteiger partial charge in [-0.1, -0.05) is 60.7 Å². The second kappa shape index (κ2) is 11.8. The van der Waals surface area contributed by atoms with Crippen LogP contribution in [0.5, 0.6) is 0 Å². The molecular formula is C34H39N7O. The maximum absolute atomic E-state index is 11.2. The molecule has 1 unspecified atom stereocenters. The van der Waals surface area contributed by atoms with Crippen LogP contribution in [0.15, 0.2) is 79.4 Å². The van der Waals surface area contributed by atoms with E-state index in [0.717, 1.165) is 56.0 Å².